The molecule has 2 aromatic heterocycles. The number of carbonyl (C=O) groups is 1. The van der Waals surface area contributed by atoms with Crippen LogP contribution in [-0.4, -0.2) is 25.7 Å². The van der Waals surface area contributed by atoms with Crippen LogP contribution in [0.1, 0.15) is 21.9 Å². The van der Waals surface area contributed by atoms with Crippen LogP contribution in [-0.2, 0) is 13.5 Å². The molecule has 1 amide bonds. The summed E-state index contributed by atoms with van der Waals surface area (Å²) in [6, 6.07) is 18.7. The molecule has 0 aliphatic carbocycles. The number of hydrogen-bond donors (Lipinski definition) is 2. The number of anilines is 1. The highest BCUT2D eigenvalue weighted by molar-refractivity contribution is 6.11. The Kier molecular flexibility index (Phi) is 4.74. The van der Waals surface area contributed by atoms with Crippen LogP contribution in [0.3, 0.4) is 0 Å². The minimum Gasteiger partial charge on any atom is -0.342 e. The molecule has 0 aliphatic rings. The maximum Gasteiger partial charge on any atom is 0.276 e. The number of benzene rings is 3. The second kappa shape index (κ2) is 7.73. The van der Waals surface area contributed by atoms with E-state index in [0.29, 0.717) is 45.3 Å². The number of amides is 1. The third-order valence-electron chi connectivity index (χ3n) is 5.28. The fraction of sp³-hybridized carbons (Fsp3) is 0.0833. The minimum atomic E-state index is -0.428. The maximum absolute atomic E-state index is 13.9. The fourth-order valence-electron chi connectivity index (χ4n) is 3.70. The summed E-state index contributed by atoms with van der Waals surface area (Å²) in [6.45, 7) is 0. The number of aryl methyl sites for hydroxylation is 1. The number of aromatic nitrogens is 4. The molecular formula is C24H18FN5O2. The summed E-state index contributed by atoms with van der Waals surface area (Å²) in [5.74, 6) is -0.0839. The Bertz CT molecular complexity index is 1550. The molecule has 2 heterocycles. The van der Waals surface area contributed by atoms with Gasteiger partial charge >= 0.3 is 0 Å². The van der Waals surface area contributed by atoms with Gasteiger partial charge in [-0.1, -0.05) is 36.4 Å². The van der Waals surface area contributed by atoms with Crippen molar-refractivity contribution in [2.75, 3.05) is 5.32 Å². The predicted octanol–water partition coefficient (Wildman–Crippen LogP) is 3.79. The van der Waals surface area contributed by atoms with Gasteiger partial charge in [-0.3, -0.25) is 9.59 Å². The molecule has 0 saturated heterocycles. The molecule has 2 N–H and O–H groups in total. The van der Waals surface area contributed by atoms with Gasteiger partial charge < -0.3 is 10.3 Å². The number of aromatic amines is 1. The smallest absolute Gasteiger partial charge is 0.276 e. The molecule has 5 aromatic rings. The Balaban J connectivity index is 1.44. The van der Waals surface area contributed by atoms with E-state index in [0.717, 1.165) is 4.68 Å². The first-order valence-electron chi connectivity index (χ1n) is 9.99. The zero-order chi connectivity index (χ0) is 22.2. The highest BCUT2D eigenvalue weighted by atomic mass is 19.1. The lowest BCUT2D eigenvalue weighted by molar-refractivity contribution is 0.102. The first-order valence-corrected chi connectivity index (χ1v) is 9.99. The van der Waals surface area contributed by atoms with Gasteiger partial charge in [-0.2, -0.15) is 5.10 Å². The van der Waals surface area contributed by atoms with Gasteiger partial charge in [0, 0.05) is 24.5 Å². The number of carbonyl (C=O) groups excluding carboxylic acids is 1. The van der Waals surface area contributed by atoms with Gasteiger partial charge in [0.25, 0.3) is 11.5 Å². The van der Waals surface area contributed by atoms with E-state index >= 15 is 0 Å². The monoisotopic (exact) mass is 427 g/mol. The van der Waals surface area contributed by atoms with Crippen LogP contribution in [0, 0.1) is 5.82 Å². The van der Waals surface area contributed by atoms with E-state index in [2.05, 4.69) is 20.4 Å². The molecule has 0 fully saturated rings. The van der Waals surface area contributed by atoms with Crippen LogP contribution >= 0.6 is 0 Å². The summed E-state index contributed by atoms with van der Waals surface area (Å²) in [4.78, 5) is 32.9. The molecule has 0 aliphatic heterocycles. The number of nitrogens with one attached hydrogen (secondary N) is 2. The van der Waals surface area contributed by atoms with E-state index in [-0.39, 0.29) is 17.1 Å². The molecule has 158 valence electrons. The van der Waals surface area contributed by atoms with Crippen molar-refractivity contribution >= 4 is 33.4 Å². The minimum absolute atomic E-state index is 0.160. The first-order chi connectivity index (χ1) is 15.5. The molecule has 0 bridgehead atoms. The Morgan fingerprint density at radius 2 is 1.81 bits per heavy atom. The van der Waals surface area contributed by atoms with Crippen LogP contribution in [0.4, 0.5) is 10.1 Å². The summed E-state index contributed by atoms with van der Waals surface area (Å²) in [5, 5.41) is 7.90. The molecule has 0 radical (unpaired) electrons. The lowest BCUT2D eigenvalue weighted by Gasteiger charge is -2.09. The standard InChI is InChI=1S/C24H18FN5O2/c1-30-24(32)17-8-4-3-7-16(17)22(29-30)23(31)26-15-10-11-19-20(13-15)28-21(27-19)12-14-6-2-5-9-18(14)25/h2-11,13H,12H2,1H3,(H,26,31)(H,27,28). The number of rotatable bonds is 4. The summed E-state index contributed by atoms with van der Waals surface area (Å²) < 4.78 is 15.1. The number of H-pyrrole nitrogens is 1. The van der Waals surface area contributed by atoms with Crippen LogP contribution in [0.2, 0.25) is 0 Å². The molecule has 0 saturated carbocycles. The average molecular weight is 427 g/mol. The maximum atomic E-state index is 13.9. The molecular weight excluding hydrogens is 409 g/mol. The van der Waals surface area contributed by atoms with Gasteiger partial charge in [0.1, 0.15) is 11.6 Å². The third-order valence-corrected chi connectivity index (χ3v) is 5.28. The molecule has 0 unspecified atom stereocenters. The van der Waals surface area contributed by atoms with Crippen molar-refractivity contribution in [3.05, 3.63) is 100.0 Å². The predicted molar refractivity (Wildman–Crippen MR) is 120 cm³/mol. The van der Waals surface area contributed by atoms with Gasteiger partial charge in [0.2, 0.25) is 0 Å². The number of nitrogens with zero attached hydrogens (tertiary/aromatic N) is 3. The molecule has 32 heavy (non-hydrogen) atoms. The van der Waals surface area contributed by atoms with Gasteiger partial charge in [0.05, 0.1) is 16.4 Å². The zero-order valence-electron chi connectivity index (χ0n) is 17.1. The van der Waals surface area contributed by atoms with Crippen LogP contribution in [0.15, 0.2) is 71.5 Å². The lowest BCUT2D eigenvalue weighted by atomic mass is 10.1. The van der Waals surface area contributed by atoms with Crippen molar-refractivity contribution in [3.63, 3.8) is 0 Å². The van der Waals surface area contributed by atoms with Crippen molar-refractivity contribution in [3.8, 4) is 0 Å². The number of imidazole rings is 1. The van der Waals surface area contributed by atoms with Gasteiger partial charge in [-0.15, -0.1) is 0 Å². The molecule has 8 heteroatoms. The molecule has 0 spiro atoms. The van der Waals surface area contributed by atoms with E-state index in [9.17, 15) is 14.0 Å². The van der Waals surface area contributed by atoms with E-state index in [1.807, 2.05) is 0 Å². The quantitative estimate of drug-likeness (QED) is 0.456. The van der Waals surface area contributed by atoms with Crippen LogP contribution < -0.4 is 10.9 Å². The van der Waals surface area contributed by atoms with Crippen molar-refractivity contribution in [2.24, 2.45) is 7.05 Å². The summed E-state index contributed by atoms with van der Waals surface area (Å²) in [5.41, 5.74) is 2.41. The van der Waals surface area contributed by atoms with E-state index in [1.54, 1.807) is 60.7 Å². The number of halogens is 1. The summed E-state index contributed by atoms with van der Waals surface area (Å²) >= 11 is 0. The number of fused-ring (bicyclic) bond motifs is 2. The summed E-state index contributed by atoms with van der Waals surface area (Å²) in [7, 11) is 1.51. The van der Waals surface area contributed by atoms with E-state index in [4.69, 9.17) is 0 Å². The van der Waals surface area contributed by atoms with Crippen LogP contribution in [0.5, 0.6) is 0 Å². The largest absolute Gasteiger partial charge is 0.342 e. The van der Waals surface area contributed by atoms with Gasteiger partial charge in [0.15, 0.2) is 5.69 Å². The summed E-state index contributed by atoms with van der Waals surface area (Å²) in [6.07, 6.45) is 0.330. The van der Waals surface area contributed by atoms with Crippen LogP contribution in [0.25, 0.3) is 21.8 Å². The zero-order valence-corrected chi connectivity index (χ0v) is 17.1. The first kappa shape index (κ1) is 19.6. The Hall–Kier alpha value is -4.33. The highest BCUT2D eigenvalue weighted by Gasteiger charge is 2.16. The van der Waals surface area contributed by atoms with Gasteiger partial charge in [-0.25, -0.2) is 14.1 Å². The number of hydrogen-bond acceptors (Lipinski definition) is 4. The Morgan fingerprint density at radius 3 is 2.62 bits per heavy atom. The van der Waals surface area contributed by atoms with Gasteiger partial charge in [-0.05, 0) is 35.9 Å². The van der Waals surface area contributed by atoms with E-state index in [1.165, 1.54) is 13.1 Å². The molecule has 0 atom stereocenters. The Morgan fingerprint density at radius 1 is 1.06 bits per heavy atom. The average Bonchev–Trinajstić information content (AvgIpc) is 3.19. The molecule has 3 aromatic carbocycles. The fourth-order valence-corrected chi connectivity index (χ4v) is 3.70. The third kappa shape index (κ3) is 3.51. The lowest BCUT2D eigenvalue weighted by Crippen LogP contribution is -2.25. The van der Waals surface area contributed by atoms with Crippen molar-refractivity contribution in [2.45, 2.75) is 6.42 Å². The Labute approximate surface area is 181 Å². The van der Waals surface area contributed by atoms with E-state index < -0.39 is 5.91 Å². The second-order valence-electron chi connectivity index (χ2n) is 7.46. The topological polar surface area (TPSA) is 92.7 Å². The normalized spacial score (nSPS) is 11.2. The molecule has 7 nitrogen and oxygen atoms in total. The van der Waals surface area contributed by atoms with Crippen molar-refractivity contribution < 1.29 is 9.18 Å². The SMILES string of the molecule is Cn1nc(C(=O)Nc2ccc3nc(Cc4ccccc4F)[nH]c3c2)c2ccccc2c1=O. The highest BCUT2D eigenvalue weighted by Crippen LogP contribution is 2.21. The second-order valence-corrected chi connectivity index (χ2v) is 7.46. The molecule has 5 rings (SSSR count). The van der Waals surface area contributed by atoms with Crippen molar-refractivity contribution in [1.82, 2.24) is 19.7 Å². The van der Waals surface area contributed by atoms with Crippen molar-refractivity contribution in [1.29, 1.82) is 0 Å².